The average Bonchev–Trinajstić information content (AvgIpc) is 2.68. The van der Waals surface area contributed by atoms with E-state index in [1.165, 1.54) is 0 Å². The summed E-state index contributed by atoms with van der Waals surface area (Å²) in [6.45, 7) is 2.87. The third-order valence-corrected chi connectivity index (χ3v) is 4.31. The second-order valence-corrected chi connectivity index (χ2v) is 6.26. The van der Waals surface area contributed by atoms with Gasteiger partial charge in [0.05, 0.1) is 26.9 Å². The van der Waals surface area contributed by atoms with Crippen LogP contribution < -0.4 is 19.5 Å². The zero-order valence-electron chi connectivity index (χ0n) is 16.6. The van der Waals surface area contributed by atoms with Crippen molar-refractivity contribution >= 4 is 5.91 Å². The fourth-order valence-electron chi connectivity index (χ4n) is 2.80. The molecule has 0 aromatic heterocycles. The topological polar surface area (TPSA) is 60.0 Å². The highest BCUT2D eigenvalue weighted by Crippen LogP contribution is 2.28. The summed E-state index contributed by atoms with van der Waals surface area (Å²) >= 11 is 0. The number of carbonyl (C=O) groups is 1. The minimum atomic E-state index is -0.154. The van der Waals surface area contributed by atoms with E-state index in [-0.39, 0.29) is 11.9 Å². The maximum atomic E-state index is 12.6. The first kappa shape index (κ1) is 20.6. The summed E-state index contributed by atoms with van der Waals surface area (Å²) in [5.41, 5.74) is 1.64. The minimum absolute atomic E-state index is 0.0458. The molecule has 146 valence electrons. The summed E-state index contributed by atoms with van der Waals surface area (Å²) in [6, 6.07) is 13.1. The highest BCUT2D eigenvalue weighted by molar-refractivity contribution is 5.94. The Morgan fingerprint density at radius 1 is 1.04 bits per heavy atom. The number of ether oxygens (including phenoxy) is 3. The molecular formula is C21H28N2O4. The third kappa shape index (κ3) is 5.37. The van der Waals surface area contributed by atoms with Crippen LogP contribution in [-0.2, 0) is 0 Å². The van der Waals surface area contributed by atoms with Gasteiger partial charge in [0.25, 0.3) is 5.91 Å². The number of rotatable bonds is 9. The van der Waals surface area contributed by atoms with Crippen molar-refractivity contribution in [3.05, 3.63) is 53.6 Å². The molecule has 0 bridgehead atoms. The molecule has 0 heterocycles. The van der Waals surface area contributed by atoms with Crippen molar-refractivity contribution in [2.75, 3.05) is 41.5 Å². The molecule has 0 saturated heterocycles. The van der Waals surface area contributed by atoms with Crippen molar-refractivity contribution < 1.29 is 19.0 Å². The Labute approximate surface area is 161 Å². The summed E-state index contributed by atoms with van der Waals surface area (Å²) in [4.78, 5) is 14.7. The summed E-state index contributed by atoms with van der Waals surface area (Å²) < 4.78 is 16.0. The van der Waals surface area contributed by atoms with Crippen LogP contribution in [0.25, 0.3) is 0 Å². The molecule has 0 saturated carbocycles. The quantitative estimate of drug-likeness (QED) is 0.733. The van der Waals surface area contributed by atoms with Gasteiger partial charge in [-0.2, -0.15) is 0 Å². The third-order valence-electron chi connectivity index (χ3n) is 4.31. The van der Waals surface area contributed by atoms with Gasteiger partial charge < -0.3 is 24.4 Å². The van der Waals surface area contributed by atoms with Crippen molar-refractivity contribution in [3.63, 3.8) is 0 Å². The maximum Gasteiger partial charge on any atom is 0.251 e. The van der Waals surface area contributed by atoms with Gasteiger partial charge in [-0.25, -0.2) is 0 Å². The van der Waals surface area contributed by atoms with E-state index in [9.17, 15) is 4.79 Å². The Bertz CT molecular complexity index is 744. The molecule has 27 heavy (non-hydrogen) atoms. The smallest absolute Gasteiger partial charge is 0.251 e. The number of benzene rings is 2. The first-order valence-corrected chi connectivity index (χ1v) is 8.89. The van der Waals surface area contributed by atoms with E-state index in [1.807, 2.05) is 45.3 Å². The van der Waals surface area contributed by atoms with E-state index in [4.69, 9.17) is 14.2 Å². The molecular weight excluding hydrogens is 344 g/mol. The van der Waals surface area contributed by atoms with Gasteiger partial charge >= 0.3 is 0 Å². The monoisotopic (exact) mass is 372 g/mol. The van der Waals surface area contributed by atoms with Crippen molar-refractivity contribution in [1.29, 1.82) is 0 Å². The van der Waals surface area contributed by atoms with E-state index in [2.05, 4.69) is 10.2 Å². The summed E-state index contributed by atoms with van der Waals surface area (Å²) in [5, 5.41) is 3.01. The number of carbonyl (C=O) groups excluding carboxylic acids is 1. The zero-order chi connectivity index (χ0) is 19.8. The van der Waals surface area contributed by atoms with Crippen LogP contribution in [0.4, 0.5) is 0 Å². The Hall–Kier alpha value is -2.73. The molecule has 0 fully saturated rings. The van der Waals surface area contributed by atoms with Crippen LogP contribution in [0, 0.1) is 0 Å². The number of amides is 1. The number of likely N-dealkylation sites (N-methyl/N-ethyl adjacent to an activating group) is 1. The van der Waals surface area contributed by atoms with E-state index in [1.54, 1.807) is 32.4 Å². The molecule has 2 rings (SSSR count). The highest BCUT2D eigenvalue weighted by Gasteiger charge is 2.17. The number of hydrogen-bond donors (Lipinski definition) is 1. The second-order valence-electron chi connectivity index (χ2n) is 6.26. The summed E-state index contributed by atoms with van der Waals surface area (Å²) in [5.74, 6) is 1.82. The van der Waals surface area contributed by atoms with Gasteiger partial charge in [0.1, 0.15) is 5.75 Å². The average molecular weight is 372 g/mol. The lowest BCUT2D eigenvalue weighted by atomic mass is 10.1. The van der Waals surface area contributed by atoms with Gasteiger partial charge in [0.15, 0.2) is 11.5 Å². The fraction of sp³-hybridized carbons (Fsp3) is 0.381. The molecule has 0 aliphatic rings. The molecule has 6 heteroatoms. The molecule has 0 aliphatic heterocycles. The Morgan fingerprint density at radius 3 is 2.30 bits per heavy atom. The molecule has 1 atom stereocenters. The lowest BCUT2D eigenvalue weighted by Gasteiger charge is -2.25. The van der Waals surface area contributed by atoms with Crippen molar-refractivity contribution in [3.8, 4) is 17.2 Å². The van der Waals surface area contributed by atoms with Crippen LogP contribution in [0.1, 0.15) is 28.9 Å². The largest absolute Gasteiger partial charge is 0.497 e. The Morgan fingerprint density at radius 2 is 1.74 bits per heavy atom. The van der Waals surface area contributed by atoms with Gasteiger partial charge in [-0.1, -0.05) is 12.1 Å². The number of nitrogens with one attached hydrogen (secondary N) is 1. The molecule has 2 aromatic carbocycles. The fourth-order valence-corrected chi connectivity index (χ4v) is 2.80. The molecule has 0 radical (unpaired) electrons. The highest BCUT2D eigenvalue weighted by atomic mass is 16.5. The first-order valence-electron chi connectivity index (χ1n) is 8.89. The van der Waals surface area contributed by atoms with Crippen LogP contribution in [0.5, 0.6) is 17.2 Å². The Balaban J connectivity index is 2.10. The Kier molecular flexibility index (Phi) is 7.49. The van der Waals surface area contributed by atoms with Crippen molar-refractivity contribution in [2.45, 2.75) is 13.0 Å². The number of nitrogens with zero attached hydrogens (tertiary/aromatic N) is 1. The van der Waals surface area contributed by atoms with Crippen LogP contribution in [0.2, 0.25) is 0 Å². The van der Waals surface area contributed by atoms with Gasteiger partial charge in [-0.05, 0) is 56.9 Å². The summed E-state index contributed by atoms with van der Waals surface area (Å²) in [7, 11) is 7.20. The zero-order valence-corrected chi connectivity index (χ0v) is 16.6. The van der Waals surface area contributed by atoms with E-state index < -0.39 is 0 Å². The molecule has 2 aromatic rings. The molecule has 1 unspecified atom stereocenters. The van der Waals surface area contributed by atoms with Crippen molar-refractivity contribution in [1.82, 2.24) is 10.2 Å². The van der Waals surface area contributed by atoms with E-state index >= 15 is 0 Å². The van der Waals surface area contributed by atoms with Gasteiger partial charge in [-0.3, -0.25) is 4.79 Å². The maximum absolute atomic E-state index is 12.6. The second kappa shape index (κ2) is 9.83. The van der Waals surface area contributed by atoms with Crippen LogP contribution in [0.3, 0.4) is 0 Å². The molecule has 0 aliphatic carbocycles. The number of hydrogen-bond acceptors (Lipinski definition) is 5. The van der Waals surface area contributed by atoms with Gasteiger partial charge in [-0.15, -0.1) is 0 Å². The van der Waals surface area contributed by atoms with Crippen LogP contribution in [-0.4, -0.2) is 52.3 Å². The standard InChI is InChI=1S/C21H28N2O4/c1-6-27-20-13-16(9-12-19(20)26-5)21(24)22-14-18(23(2)3)15-7-10-17(25-4)11-8-15/h7-13,18H,6,14H2,1-5H3,(H,22,24). The SMILES string of the molecule is CCOc1cc(C(=O)NCC(c2ccc(OC)cc2)N(C)C)ccc1OC. The lowest BCUT2D eigenvalue weighted by molar-refractivity contribution is 0.0941. The first-order chi connectivity index (χ1) is 13.0. The predicted molar refractivity (Wildman–Crippen MR) is 106 cm³/mol. The van der Waals surface area contributed by atoms with Gasteiger partial charge in [0, 0.05) is 12.1 Å². The van der Waals surface area contributed by atoms with Crippen LogP contribution in [0.15, 0.2) is 42.5 Å². The molecule has 1 amide bonds. The lowest BCUT2D eigenvalue weighted by Crippen LogP contribution is -2.34. The van der Waals surface area contributed by atoms with Crippen molar-refractivity contribution in [2.24, 2.45) is 0 Å². The predicted octanol–water partition coefficient (Wildman–Crippen LogP) is 3.14. The normalized spacial score (nSPS) is 11.8. The van der Waals surface area contributed by atoms with E-state index in [0.29, 0.717) is 30.2 Å². The van der Waals surface area contributed by atoms with Gasteiger partial charge in [0.2, 0.25) is 0 Å². The molecule has 1 N–H and O–H groups in total. The minimum Gasteiger partial charge on any atom is -0.497 e. The van der Waals surface area contributed by atoms with E-state index in [0.717, 1.165) is 11.3 Å². The molecule has 0 spiro atoms. The molecule has 6 nitrogen and oxygen atoms in total. The summed E-state index contributed by atoms with van der Waals surface area (Å²) in [6.07, 6.45) is 0. The number of methoxy groups -OCH3 is 2. The van der Waals surface area contributed by atoms with Crippen LogP contribution >= 0.6 is 0 Å².